The summed E-state index contributed by atoms with van der Waals surface area (Å²) in [6.45, 7) is 8.65. The highest BCUT2D eigenvalue weighted by atomic mass is 16.3. The Balaban J connectivity index is 2.32. The number of nitrogens with one attached hydrogen (secondary N) is 1. The van der Waals surface area contributed by atoms with E-state index in [0.29, 0.717) is 6.54 Å². The summed E-state index contributed by atoms with van der Waals surface area (Å²) in [5, 5.41) is 13.6. The molecule has 1 heterocycles. The van der Waals surface area contributed by atoms with E-state index in [1.807, 2.05) is 13.8 Å². The van der Waals surface area contributed by atoms with E-state index in [0.717, 1.165) is 32.1 Å². The number of ketones is 1. The van der Waals surface area contributed by atoms with Gasteiger partial charge in [0, 0.05) is 12.5 Å². The minimum atomic E-state index is -0.917. The van der Waals surface area contributed by atoms with Crippen molar-refractivity contribution in [2.24, 2.45) is 16.7 Å². The van der Waals surface area contributed by atoms with Crippen molar-refractivity contribution in [3.8, 4) is 0 Å². The molecule has 0 aromatic heterocycles. The maximum absolute atomic E-state index is 12.8. The summed E-state index contributed by atoms with van der Waals surface area (Å²) in [6.07, 6.45) is 5.82. The van der Waals surface area contributed by atoms with Crippen LogP contribution in [-0.4, -0.2) is 29.4 Å². The number of hydrogen-bond donors (Lipinski definition) is 2. The molecule has 0 saturated heterocycles. The van der Waals surface area contributed by atoms with Crippen LogP contribution in [0.5, 0.6) is 0 Å². The lowest BCUT2D eigenvalue weighted by Crippen LogP contribution is -2.49. The van der Waals surface area contributed by atoms with Gasteiger partial charge in [-0.1, -0.05) is 25.5 Å². The van der Waals surface area contributed by atoms with E-state index in [-0.39, 0.29) is 29.4 Å². The number of aliphatic hydroxyl groups excluding tert-OH is 1. The Bertz CT molecular complexity index is 513. The van der Waals surface area contributed by atoms with Gasteiger partial charge in [0.15, 0.2) is 0 Å². The van der Waals surface area contributed by atoms with E-state index < -0.39 is 11.5 Å². The predicted molar refractivity (Wildman–Crippen MR) is 90.9 cm³/mol. The molecule has 23 heavy (non-hydrogen) atoms. The standard InChI is InChI=1S/C19H31NO3/c1-13-7-5-9-18(3)12-14(2)17(23)19(18,4)15(21)11-16(22)20-10-6-8-13/h8,14-15,21H,5-7,9-12H2,1-4H3,(H,20,22)/b13-8-/t14?,15?,18-,19?/m1/s1. The zero-order valence-electron chi connectivity index (χ0n) is 14.9. The lowest BCUT2D eigenvalue weighted by Gasteiger charge is -2.43. The van der Waals surface area contributed by atoms with Crippen LogP contribution >= 0.6 is 0 Å². The average molecular weight is 321 g/mol. The predicted octanol–water partition coefficient (Wildman–Crippen LogP) is 3.00. The van der Waals surface area contributed by atoms with Crippen molar-refractivity contribution in [3.05, 3.63) is 11.6 Å². The zero-order valence-corrected chi connectivity index (χ0v) is 14.9. The number of amides is 1. The van der Waals surface area contributed by atoms with Crippen LogP contribution in [0.15, 0.2) is 11.6 Å². The molecule has 1 amide bonds. The second kappa shape index (κ2) is 6.76. The number of hydrogen-bond acceptors (Lipinski definition) is 3. The Morgan fingerprint density at radius 1 is 1.30 bits per heavy atom. The van der Waals surface area contributed by atoms with Crippen molar-refractivity contribution in [2.45, 2.75) is 72.3 Å². The molecule has 2 rings (SSSR count). The third-order valence-electron chi connectivity index (χ3n) is 6.27. The van der Waals surface area contributed by atoms with Crippen molar-refractivity contribution >= 4 is 11.7 Å². The Morgan fingerprint density at radius 3 is 2.70 bits per heavy atom. The highest BCUT2D eigenvalue weighted by Gasteiger charge is 2.60. The van der Waals surface area contributed by atoms with E-state index in [4.69, 9.17) is 0 Å². The highest BCUT2D eigenvalue weighted by Crippen LogP contribution is 2.57. The number of carbonyl (C=O) groups is 2. The molecule has 1 saturated carbocycles. The molecular weight excluding hydrogens is 290 g/mol. The molecule has 4 atom stereocenters. The molecule has 3 unspecified atom stereocenters. The van der Waals surface area contributed by atoms with Crippen LogP contribution in [0.4, 0.5) is 0 Å². The first-order valence-corrected chi connectivity index (χ1v) is 8.85. The normalized spacial score (nSPS) is 42.6. The van der Waals surface area contributed by atoms with Crippen LogP contribution < -0.4 is 5.32 Å². The molecule has 0 radical (unpaired) electrons. The van der Waals surface area contributed by atoms with Crippen molar-refractivity contribution in [1.82, 2.24) is 5.32 Å². The highest BCUT2D eigenvalue weighted by molar-refractivity contribution is 5.91. The zero-order chi connectivity index (χ0) is 17.3. The van der Waals surface area contributed by atoms with Crippen molar-refractivity contribution < 1.29 is 14.7 Å². The molecular formula is C19H31NO3. The maximum Gasteiger partial charge on any atom is 0.222 e. The summed E-state index contributed by atoms with van der Waals surface area (Å²) >= 11 is 0. The van der Waals surface area contributed by atoms with Gasteiger partial charge in [-0.25, -0.2) is 0 Å². The molecule has 4 heteroatoms. The van der Waals surface area contributed by atoms with E-state index in [2.05, 4.69) is 25.2 Å². The van der Waals surface area contributed by atoms with Crippen LogP contribution in [0.1, 0.15) is 66.2 Å². The molecule has 0 bridgehead atoms. The molecule has 0 aromatic carbocycles. The monoisotopic (exact) mass is 321 g/mol. The molecule has 2 N–H and O–H groups in total. The van der Waals surface area contributed by atoms with Gasteiger partial charge in [0.2, 0.25) is 5.91 Å². The first kappa shape index (κ1) is 18.2. The van der Waals surface area contributed by atoms with Crippen LogP contribution in [-0.2, 0) is 9.59 Å². The number of carbonyl (C=O) groups excluding carboxylic acids is 2. The van der Waals surface area contributed by atoms with Gasteiger partial charge in [0.05, 0.1) is 17.9 Å². The van der Waals surface area contributed by atoms with Crippen molar-refractivity contribution in [2.75, 3.05) is 6.54 Å². The molecule has 1 fully saturated rings. The number of Topliss-reactive ketones (excluding diaryl/α,β-unsaturated/α-hetero) is 1. The van der Waals surface area contributed by atoms with Crippen molar-refractivity contribution in [1.29, 1.82) is 0 Å². The van der Waals surface area contributed by atoms with Gasteiger partial charge in [-0.05, 0) is 51.4 Å². The van der Waals surface area contributed by atoms with Crippen LogP contribution in [0, 0.1) is 16.7 Å². The second-order valence-corrected chi connectivity index (χ2v) is 8.00. The average Bonchev–Trinajstić information content (AvgIpc) is 2.65. The topological polar surface area (TPSA) is 66.4 Å². The fraction of sp³-hybridized carbons (Fsp3) is 0.789. The van der Waals surface area contributed by atoms with E-state index in [1.165, 1.54) is 5.57 Å². The Kier molecular flexibility index (Phi) is 5.34. The first-order chi connectivity index (χ1) is 10.7. The SMILES string of the molecule is C/C1=C/CCNC(=O)CC(O)C2(C)C(=O)C(C)C[C@@]2(C)CCC1. The Morgan fingerprint density at radius 2 is 2.00 bits per heavy atom. The molecule has 130 valence electrons. The summed E-state index contributed by atoms with van der Waals surface area (Å²) in [4.78, 5) is 24.9. The molecule has 2 aliphatic rings. The van der Waals surface area contributed by atoms with Crippen LogP contribution in [0.3, 0.4) is 0 Å². The van der Waals surface area contributed by atoms with E-state index in [1.54, 1.807) is 0 Å². The van der Waals surface area contributed by atoms with Gasteiger partial charge in [-0.15, -0.1) is 0 Å². The number of allylic oxidation sites excluding steroid dienone is 1. The van der Waals surface area contributed by atoms with Gasteiger partial charge in [0.1, 0.15) is 5.78 Å². The van der Waals surface area contributed by atoms with Gasteiger partial charge in [0.25, 0.3) is 0 Å². The van der Waals surface area contributed by atoms with Crippen LogP contribution in [0.25, 0.3) is 0 Å². The fourth-order valence-electron chi connectivity index (χ4n) is 4.56. The third-order valence-corrected chi connectivity index (χ3v) is 6.27. The summed E-state index contributed by atoms with van der Waals surface area (Å²) in [5.74, 6) is -0.103. The molecule has 1 aliphatic heterocycles. The van der Waals surface area contributed by atoms with Crippen molar-refractivity contribution in [3.63, 3.8) is 0 Å². The van der Waals surface area contributed by atoms with E-state index >= 15 is 0 Å². The minimum Gasteiger partial charge on any atom is -0.392 e. The Hall–Kier alpha value is -1.16. The minimum absolute atomic E-state index is 0.00719. The summed E-state index contributed by atoms with van der Waals surface area (Å²) in [7, 11) is 0. The second-order valence-electron chi connectivity index (χ2n) is 8.00. The van der Waals surface area contributed by atoms with Crippen LogP contribution in [0.2, 0.25) is 0 Å². The Labute approximate surface area is 139 Å². The quantitative estimate of drug-likeness (QED) is 0.674. The van der Waals surface area contributed by atoms with Gasteiger partial charge in [-0.3, -0.25) is 9.59 Å². The lowest BCUT2D eigenvalue weighted by molar-refractivity contribution is -0.143. The molecule has 0 spiro atoms. The summed E-state index contributed by atoms with van der Waals surface area (Å²) in [5.41, 5.74) is 0.245. The largest absolute Gasteiger partial charge is 0.392 e. The van der Waals surface area contributed by atoms with Gasteiger partial charge in [-0.2, -0.15) is 0 Å². The van der Waals surface area contributed by atoms with Gasteiger partial charge >= 0.3 is 0 Å². The molecule has 1 aliphatic carbocycles. The fourth-order valence-corrected chi connectivity index (χ4v) is 4.56. The maximum atomic E-state index is 12.8. The molecule has 0 aromatic rings. The third kappa shape index (κ3) is 3.37. The molecule has 4 nitrogen and oxygen atoms in total. The number of rotatable bonds is 0. The number of aliphatic hydroxyl groups is 1. The summed E-state index contributed by atoms with van der Waals surface area (Å²) < 4.78 is 0. The lowest BCUT2D eigenvalue weighted by atomic mass is 9.61. The van der Waals surface area contributed by atoms with Gasteiger partial charge < -0.3 is 10.4 Å². The first-order valence-electron chi connectivity index (χ1n) is 8.85. The van der Waals surface area contributed by atoms with E-state index in [9.17, 15) is 14.7 Å². The smallest absolute Gasteiger partial charge is 0.222 e. The number of fused-ring (bicyclic) bond motifs is 1. The summed E-state index contributed by atoms with van der Waals surface area (Å²) in [6, 6.07) is 0.